The minimum atomic E-state index is 0.0491. The minimum absolute atomic E-state index is 0.0491. The second kappa shape index (κ2) is 6.86. The standard InChI is InChI=1S/C25H19NO2/c27-25(18-10-2-1-3-11-18)19-12-4-5-13-20(19)26-21-14-6-8-16-23(21)28-24-17-9-7-15-22(24)26/h2,4-17H,1,3H2. The molecule has 2 aliphatic rings. The lowest BCUT2D eigenvalue weighted by molar-refractivity contribution is 0.103. The van der Waals surface area contributed by atoms with Crippen LogP contribution in [0.1, 0.15) is 23.2 Å². The third-order valence-corrected chi connectivity index (χ3v) is 5.08. The van der Waals surface area contributed by atoms with Gasteiger partial charge in [-0.25, -0.2) is 0 Å². The van der Waals surface area contributed by atoms with Gasteiger partial charge in [-0.05, 0) is 49.2 Å². The molecule has 0 spiro atoms. The van der Waals surface area contributed by atoms with Crippen molar-refractivity contribution >= 4 is 22.8 Å². The number of benzene rings is 3. The monoisotopic (exact) mass is 365 g/mol. The van der Waals surface area contributed by atoms with E-state index in [1.807, 2.05) is 84.9 Å². The summed E-state index contributed by atoms with van der Waals surface area (Å²) >= 11 is 0. The number of Topliss-reactive ketones (excluding diaryl/α,β-unsaturated/α-hetero) is 1. The zero-order valence-electron chi connectivity index (χ0n) is 15.3. The number of ketones is 1. The zero-order chi connectivity index (χ0) is 18.9. The van der Waals surface area contributed by atoms with Crippen LogP contribution in [0, 0.1) is 0 Å². The maximum atomic E-state index is 13.3. The summed E-state index contributed by atoms with van der Waals surface area (Å²) in [6.07, 6.45) is 7.92. The second-order valence-electron chi connectivity index (χ2n) is 6.86. The molecule has 0 aromatic heterocycles. The summed E-state index contributed by atoms with van der Waals surface area (Å²) in [5.74, 6) is 1.61. The van der Waals surface area contributed by atoms with Crippen LogP contribution in [0.25, 0.3) is 0 Å². The fourth-order valence-electron chi connectivity index (χ4n) is 3.76. The second-order valence-corrected chi connectivity index (χ2v) is 6.86. The predicted molar refractivity (Wildman–Crippen MR) is 112 cm³/mol. The quantitative estimate of drug-likeness (QED) is 0.377. The number of anilines is 3. The van der Waals surface area contributed by atoms with E-state index in [-0.39, 0.29) is 5.78 Å². The molecular formula is C25H19NO2. The Kier molecular flexibility index (Phi) is 4.06. The zero-order valence-corrected chi connectivity index (χ0v) is 15.3. The van der Waals surface area contributed by atoms with Crippen molar-refractivity contribution in [1.29, 1.82) is 0 Å². The lowest BCUT2D eigenvalue weighted by atomic mass is 9.96. The van der Waals surface area contributed by atoms with Crippen LogP contribution >= 0.6 is 0 Å². The van der Waals surface area contributed by atoms with Crippen molar-refractivity contribution in [2.75, 3.05) is 4.90 Å². The minimum Gasteiger partial charge on any atom is -0.453 e. The van der Waals surface area contributed by atoms with Crippen molar-refractivity contribution < 1.29 is 9.53 Å². The number of para-hydroxylation sites is 5. The highest BCUT2D eigenvalue weighted by Gasteiger charge is 2.28. The van der Waals surface area contributed by atoms with E-state index < -0.39 is 0 Å². The Morgan fingerprint density at radius 1 is 0.750 bits per heavy atom. The van der Waals surface area contributed by atoms with E-state index in [4.69, 9.17) is 4.74 Å². The van der Waals surface area contributed by atoms with Crippen LogP contribution < -0.4 is 9.64 Å². The number of rotatable bonds is 3. The van der Waals surface area contributed by atoms with Crippen LogP contribution in [-0.2, 0) is 0 Å². The first-order chi connectivity index (χ1) is 13.8. The van der Waals surface area contributed by atoms with Crippen LogP contribution in [0.4, 0.5) is 17.1 Å². The molecule has 3 aromatic carbocycles. The number of ether oxygens (including phenoxy) is 1. The molecule has 28 heavy (non-hydrogen) atoms. The largest absolute Gasteiger partial charge is 0.453 e. The Morgan fingerprint density at radius 3 is 2.00 bits per heavy atom. The maximum Gasteiger partial charge on any atom is 0.194 e. The van der Waals surface area contributed by atoms with Crippen LogP contribution in [0.15, 0.2) is 96.6 Å². The van der Waals surface area contributed by atoms with Crippen molar-refractivity contribution in [2.45, 2.75) is 12.8 Å². The Hall–Kier alpha value is -3.59. The van der Waals surface area contributed by atoms with Crippen LogP contribution in [0.3, 0.4) is 0 Å². The number of nitrogens with zero attached hydrogens (tertiary/aromatic N) is 1. The van der Waals surface area contributed by atoms with E-state index in [0.717, 1.165) is 47.0 Å². The molecule has 0 unspecified atom stereocenters. The van der Waals surface area contributed by atoms with Gasteiger partial charge in [0, 0.05) is 11.1 Å². The van der Waals surface area contributed by atoms with E-state index in [1.165, 1.54) is 0 Å². The summed E-state index contributed by atoms with van der Waals surface area (Å²) < 4.78 is 6.10. The molecule has 3 nitrogen and oxygen atoms in total. The number of carbonyl (C=O) groups is 1. The molecule has 3 heteroatoms. The summed E-state index contributed by atoms with van der Waals surface area (Å²) in [4.78, 5) is 15.4. The molecule has 0 saturated heterocycles. The van der Waals surface area contributed by atoms with Gasteiger partial charge in [-0.3, -0.25) is 4.79 Å². The van der Waals surface area contributed by atoms with Crippen molar-refractivity contribution in [1.82, 2.24) is 0 Å². The van der Waals surface area contributed by atoms with E-state index in [9.17, 15) is 4.79 Å². The number of carbonyl (C=O) groups excluding carboxylic acids is 1. The molecule has 0 saturated carbocycles. The topological polar surface area (TPSA) is 29.5 Å². The smallest absolute Gasteiger partial charge is 0.194 e. The number of hydrogen-bond acceptors (Lipinski definition) is 3. The molecule has 0 N–H and O–H groups in total. The number of fused-ring (bicyclic) bond motifs is 2. The maximum absolute atomic E-state index is 13.3. The highest BCUT2D eigenvalue weighted by atomic mass is 16.5. The number of hydrogen-bond donors (Lipinski definition) is 0. The van der Waals surface area contributed by atoms with Crippen LogP contribution in [0.5, 0.6) is 11.5 Å². The Bertz CT molecular complexity index is 1080. The van der Waals surface area contributed by atoms with Gasteiger partial charge in [-0.1, -0.05) is 54.6 Å². The van der Waals surface area contributed by atoms with Gasteiger partial charge >= 0.3 is 0 Å². The van der Waals surface area contributed by atoms with Gasteiger partial charge in [-0.15, -0.1) is 0 Å². The summed E-state index contributed by atoms with van der Waals surface area (Å²) in [6, 6.07) is 23.6. The molecular weight excluding hydrogens is 346 g/mol. The van der Waals surface area contributed by atoms with Crippen molar-refractivity contribution in [3.63, 3.8) is 0 Å². The fourth-order valence-corrected chi connectivity index (χ4v) is 3.76. The predicted octanol–water partition coefficient (Wildman–Crippen LogP) is 6.72. The van der Waals surface area contributed by atoms with E-state index >= 15 is 0 Å². The molecule has 136 valence electrons. The van der Waals surface area contributed by atoms with Crippen molar-refractivity contribution in [3.05, 3.63) is 102 Å². The average molecular weight is 365 g/mol. The molecule has 0 radical (unpaired) electrons. The van der Waals surface area contributed by atoms with Gasteiger partial charge in [0.15, 0.2) is 17.3 Å². The Labute approximate surface area is 164 Å². The van der Waals surface area contributed by atoms with Gasteiger partial charge in [0.05, 0.1) is 17.1 Å². The van der Waals surface area contributed by atoms with Gasteiger partial charge < -0.3 is 9.64 Å². The lowest BCUT2D eigenvalue weighted by Crippen LogP contribution is -2.19. The van der Waals surface area contributed by atoms with E-state index in [2.05, 4.69) is 11.0 Å². The Balaban J connectivity index is 1.70. The molecule has 0 amide bonds. The highest BCUT2D eigenvalue weighted by molar-refractivity contribution is 6.15. The summed E-state index contributed by atoms with van der Waals surface area (Å²) in [5.41, 5.74) is 4.15. The lowest BCUT2D eigenvalue weighted by Gasteiger charge is -2.33. The third-order valence-electron chi connectivity index (χ3n) is 5.08. The molecule has 3 aromatic rings. The van der Waals surface area contributed by atoms with E-state index in [1.54, 1.807) is 0 Å². The van der Waals surface area contributed by atoms with Gasteiger partial charge in [-0.2, -0.15) is 0 Å². The average Bonchev–Trinajstić information content (AvgIpc) is 2.77. The first-order valence-corrected chi connectivity index (χ1v) is 9.49. The summed E-state index contributed by atoms with van der Waals surface area (Å²) in [5, 5.41) is 0. The first kappa shape index (κ1) is 16.6. The number of allylic oxidation sites excluding steroid dienone is 4. The molecule has 1 aliphatic carbocycles. The summed E-state index contributed by atoms with van der Waals surface area (Å²) in [6.45, 7) is 0. The molecule has 1 aliphatic heterocycles. The molecule has 1 heterocycles. The van der Waals surface area contributed by atoms with Crippen LogP contribution in [0.2, 0.25) is 0 Å². The summed E-state index contributed by atoms with van der Waals surface area (Å²) in [7, 11) is 0. The van der Waals surface area contributed by atoms with Crippen molar-refractivity contribution in [2.24, 2.45) is 0 Å². The highest BCUT2D eigenvalue weighted by Crippen LogP contribution is 2.50. The fraction of sp³-hybridized carbons (Fsp3) is 0.0800. The molecule has 0 atom stereocenters. The van der Waals surface area contributed by atoms with E-state index in [0.29, 0.717) is 5.56 Å². The van der Waals surface area contributed by atoms with Gasteiger partial charge in [0.25, 0.3) is 0 Å². The molecule has 0 bridgehead atoms. The van der Waals surface area contributed by atoms with Gasteiger partial charge in [0.1, 0.15) is 0 Å². The Morgan fingerprint density at radius 2 is 1.36 bits per heavy atom. The normalized spacial score (nSPS) is 14.6. The third kappa shape index (κ3) is 2.72. The van der Waals surface area contributed by atoms with Gasteiger partial charge in [0.2, 0.25) is 0 Å². The first-order valence-electron chi connectivity index (χ1n) is 9.49. The van der Waals surface area contributed by atoms with Crippen molar-refractivity contribution in [3.8, 4) is 11.5 Å². The molecule has 5 rings (SSSR count). The van der Waals surface area contributed by atoms with Crippen LogP contribution in [-0.4, -0.2) is 5.78 Å². The SMILES string of the molecule is O=C(C1=CCCC=C1)c1ccccc1N1c2ccccc2Oc2ccccc21. The molecule has 0 fully saturated rings.